The van der Waals surface area contributed by atoms with Crippen LogP contribution >= 0.6 is 0 Å². The summed E-state index contributed by atoms with van der Waals surface area (Å²) in [7, 11) is 3.45. The van der Waals surface area contributed by atoms with Crippen LogP contribution in [0.25, 0.3) is 0 Å². The molecule has 0 bridgehead atoms. The summed E-state index contributed by atoms with van der Waals surface area (Å²) < 4.78 is 28.9. The van der Waals surface area contributed by atoms with Crippen molar-refractivity contribution >= 4 is 11.6 Å². The normalized spacial score (nSPS) is 22.6. The Hall–Kier alpha value is -2.81. The van der Waals surface area contributed by atoms with Crippen molar-refractivity contribution < 1.29 is 28.5 Å². The Morgan fingerprint density at radius 3 is 2.53 bits per heavy atom. The third-order valence-corrected chi connectivity index (χ3v) is 9.34. The predicted octanol–water partition coefficient (Wildman–Crippen LogP) is 5.67. The fourth-order valence-corrected chi connectivity index (χ4v) is 7.06. The van der Waals surface area contributed by atoms with Crippen molar-refractivity contribution in [3.05, 3.63) is 53.6 Å². The van der Waals surface area contributed by atoms with E-state index in [0.29, 0.717) is 45.4 Å². The van der Waals surface area contributed by atoms with Crippen molar-refractivity contribution in [2.24, 2.45) is 11.3 Å². The largest absolute Gasteiger partial charge is 0.497 e. The number of anilines is 1. The summed E-state index contributed by atoms with van der Waals surface area (Å²) in [6.07, 6.45) is 5.00. The van der Waals surface area contributed by atoms with Gasteiger partial charge in [-0.25, -0.2) is 0 Å². The minimum Gasteiger partial charge on any atom is -0.497 e. The van der Waals surface area contributed by atoms with Crippen LogP contribution in [0.2, 0.25) is 0 Å². The third-order valence-electron chi connectivity index (χ3n) is 9.34. The first-order valence-corrected chi connectivity index (χ1v) is 16.0. The fourth-order valence-electron chi connectivity index (χ4n) is 7.06. The minimum atomic E-state index is -0.402. The second kappa shape index (κ2) is 14.8. The summed E-state index contributed by atoms with van der Waals surface area (Å²) in [6, 6.07) is 14.9. The van der Waals surface area contributed by atoms with Crippen LogP contribution in [0.5, 0.6) is 11.5 Å². The second-order valence-corrected chi connectivity index (χ2v) is 12.9. The smallest absolute Gasteiger partial charge is 0.228 e. The molecular formula is C35H50N2O6. The van der Waals surface area contributed by atoms with Crippen molar-refractivity contribution in [1.29, 1.82) is 0 Å². The maximum absolute atomic E-state index is 13.5. The number of morpholine rings is 1. The molecule has 8 heteroatoms. The molecule has 2 heterocycles. The van der Waals surface area contributed by atoms with Gasteiger partial charge in [0.1, 0.15) is 18.1 Å². The lowest BCUT2D eigenvalue weighted by Gasteiger charge is -2.41. The number of nitrogens with zero attached hydrogens (tertiary/aromatic N) is 2. The molecule has 2 aromatic carbocycles. The number of ether oxygens (including phenoxy) is 5. The van der Waals surface area contributed by atoms with Gasteiger partial charge in [0.15, 0.2) is 0 Å². The van der Waals surface area contributed by atoms with Crippen molar-refractivity contribution in [3.8, 4) is 11.5 Å². The Morgan fingerprint density at radius 2 is 1.79 bits per heavy atom. The Morgan fingerprint density at radius 1 is 1.00 bits per heavy atom. The van der Waals surface area contributed by atoms with Gasteiger partial charge in [-0.15, -0.1) is 0 Å². The first-order valence-electron chi connectivity index (χ1n) is 16.0. The average molecular weight is 595 g/mol. The Balaban J connectivity index is 1.27. The summed E-state index contributed by atoms with van der Waals surface area (Å²) in [5.74, 6) is 2.76. The molecule has 8 nitrogen and oxygen atoms in total. The summed E-state index contributed by atoms with van der Waals surface area (Å²) >= 11 is 0. The van der Waals surface area contributed by atoms with Crippen molar-refractivity contribution in [3.63, 3.8) is 0 Å². The zero-order valence-electron chi connectivity index (χ0n) is 26.5. The number of amides is 1. The summed E-state index contributed by atoms with van der Waals surface area (Å²) in [5, 5.41) is 0. The Bertz CT molecular complexity index is 1180. The topological polar surface area (TPSA) is 69.7 Å². The molecule has 1 amide bonds. The number of benzene rings is 2. The number of rotatable bonds is 12. The van der Waals surface area contributed by atoms with E-state index in [0.717, 1.165) is 74.6 Å². The van der Waals surface area contributed by atoms with E-state index in [4.69, 9.17) is 23.7 Å². The molecule has 1 aliphatic carbocycles. The molecule has 2 aliphatic heterocycles. The Kier molecular flexibility index (Phi) is 10.9. The van der Waals surface area contributed by atoms with E-state index >= 15 is 0 Å². The SMILES string of the molecule is COCCCN1CCOc2ccc(CO[C@H]3CC[C@H](CC(C)(C)C(=O)N4CCOCC4)C[C@@H]3c3ccc(OC)cc3)cc21. The van der Waals surface area contributed by atoms with E-state index in [-0.39, 0.29) is 17.9 Å². The van der Waals surface area contributed by atoms with Gasteiger partial charge in [0.25, 0.3) is 0 Å². The molecule has 0 N–H and O–H groups in total. The Labute approximate surface area is 257 Å². The predicted molar refractivity (Wildman–Crippen MR) is 168 cm³/mol. The lowest BCUT2D eigenvalue weighted by Crippen LogP contribution is -2.47. The number of carbonyl (C=O) groups is 1. The minimum absolute atomic E-state index is 0.104. The highest BCUT2D eigenvalue weighted by Gasteiger charge is 2.39. The van der Waals surface area contributed by atoms with Gasteiger partial charge in [-0.3, -0.25) is 4.79 Å². The van der Waals surface area contributed by atoms with Crippen LogP contribution in [-0.2, 0) is 25.6 Å². The van der Waals surface area contributed by atoms with Gasteiger partial charge in [0.2, 0.25) is 5.91 Å². The highest BCUT2D eigenvalue weighted by atomic mass is 16.5. The maximum Gasteiger partial charge on any atom is 0.228 e. The number of methoxy groups -OCH3 is 2. The van der Waals surface area contributed by atoms with Crippen molar-refractivity contribution in [1.82, 2.24) is 4.90 Å². The van der Waals surface area contributed by atoms with Crippen molar-refractivity contribution in [2.75, 3.05) is 71.7 Å². The highest BCUT2D eigenvalue weighted by Crippen LogP contribution is 2.44. The first kappa shape index (κ1) is 31.6. The molecule has 5 rings (SSSR count). The zero-order chi connectivity index (χ0) is 30.2. The lowest BCUT2D eigenvalue weighted by molar-refractivity contribution is -0.145. The molecule has 1 saturated carbocycles. The van der Waals surface area contributed by atoms with Gasteiger partial charge in [-0.05, 0) is 73.4 Å². The van der Waals surface area contributed by atoms with Gasteiger partial charge in [0, 0.05) is 44.7 Å². The number of hydrogen-bond acceptors (Lipinski definition) is 7. The summed E-state index contributed by atoms with van der Waals surface area (Å²) in [4.78, 5) is 17.8. The van der Waals surface area contributed by atoms with E-state index < -0.39 is 5.41 Å². The average Bonchev–Trinajstić information content (AvgIpc) is 3.04. The van der Waals surface area contributed by atoms with Crippen LogP contribution in [-0.4, -0.2) is 83.7 Å². The van der Waals surface area contributed by atoms with Crippen molar-refractivity contribution in [2.45, 2.75) is 64.6 Å². The molecule has 0 aromatic heterocycles. The molecule has 236 valence electrons. The van der Waals surface area contributed by atoms with Crippen LogP contribution in [0, 0.1) is 11.3 Å². The van der Waals surface area contributed by atoms with Crippen LogP contribution < -0.4 is 14.4 Å². The van der Waals surface area contributed by atoms with E-state index in [1.54, 1.807) is 14.2 Å². The molecular weight excluding hydrogens is 544 g/mol. The molecule has 2 fully saturated rings. The molecule has 3 aliphatic rings. The first-order chi connectivity index (χ1) is 20.9. The summed E-state index contributed by atoms with van der Waals surface area (Å²) in [6.45, 7) is 10.7. The standard InChI is InChI=1S/C35H50N2O6/c1-35(2,34(38)37-15-19-41-20-16-37)24-26-6-12-32(30(22-26)28-8-10-29(40-4)11-9-28)43-25-27-7-13-33-31(23-27)36(17-21-42-33)14-5-18-39-3/h7-11,13,23,26,30,32H,5-6,12,14-22,24-25H2,1-4H3/t26-,30+,32-/m0/s1. The van der Waals surface area contributed by atoms with Gasteiger partial charge in [-0.1, -0.05) is 32.0 Å². The van der Waals surface area contributed by atoms with E-state index in [1.165, 1.54) is 5.56 Å². The van der Waals surface area contributed by atoms with Crippen LogP contribution in [0.15, 0.2) is 42.5 Å². The van der Waals surface area contributed by atoms with E-state index in [2.05, 4.69) is 49.1 Å². The fraction of sp³-hybridized carbons (Fsp3) is 0.629. The van der Waals surface area contributed by atoms with Gasteiger partial charge < -0.3 is 33.5 Å². The highest BCUT2D eigenvalue weighted by molar-refractivity contribution is 5.82. The number of hydrogen-bond donors (Lipinski definition) is 0. The lowest BCUT2D eigenvalue weighted by atomic mass is 9.70. The number of carbonyl (C=O) groups excluding carboxylic acids is 1. The molecule has 3 atom stereocenters. The van der Waals surface area contributed by atoms with Crippen LogP contribution in [0.1, 0.15) is 63.0 Å². The van der Waals surface area contributed by atoms with E-state index in [1.807, 2.05) is 17.0 Å². The molecule has 0 unspecified atom stereocenters. The summed E-state index contributed by atoms with van der Waals surface area (Å²) in [5.41, 5.74) is 3.18. The molecule has 0 spiro atoms. The zero-order valence-corrected chi connectivity index (χ0v) is 26.5. The number of fused-ring (bicyclic) bond motifs is 1. The van der Waals surface area contributed by atoms with Crippen LogP contribution in [0.3, 0.4) is 0 Å². The van der Waals surface area contributed by atoms with E-state index in [9.17, 15) is 4.79 Å². The monoisotopic (exact) mass is 594 g/mol. The molecule has 1 saturated heterocycles. The van der Waals surface area contributed by atoms with Crippen LogP contribution in [0.4, 0.5) is 5.69 Å². The molecule has 43 heavy (non-hydrogen) atoms. The third kappa shape index (κ3) is 8.02. The maximum atomic E-state index is 13.5. The van der Waals surface area contributed by atoms with Gasteiger partial charge in [-0.2, -0.15) is 0 Å². The quantitative estimate of drug-likeness (QED) is 0.293. The molecule has 0 radical (unpaired) electrons. The molecule has 2 aromatic rings. The van der Waals surface area contributed by atoms with Gasteiger partial charge >= 0.3 is 0 Å². The second-order valence-electron chi connectivity index (χ2n) is 12.9. The van der Waals surface area contributed by atoms with Gasteiger partial charge in [0.05, 0.1) is 45.3 Å².